The summed E-state index contributed by atoms with van der Waals surface area (Å²) in [5.41, 5.74) is 24.4. The highest BCUT2D eigenvalue weighted by atomic mass is 32.1. The molecule has 16 aromatic rings. The lowest BCUT2D eigenvalue weighted by atomic mass is 9.87. The topological polar surface area (TPSA) is 13.1 Å². The molecule has 0 atom stereocenters. The molecule has 2 heteroatoms. The first-order valence-corrected chi connectivity index (χ1v) is 27.8. The molecule has 0 saturated heterocycles. The normalized spacial score (nSPS) is 12.4. The Hall–Kier alpha value is -9.86. The molecule has 2 aliphatic rings. The van der Waals surface area contributed by atoms with Crippen molar-refractivity contribution >= 4 is 96.5 Å². The van der Waals surface area contributed by atoms with Gasteiger partial charge in [-0.15, -0.1) is 11.3 Å². The zero-order valence-corrected chi connectivity index (χ0v) is 42.9. The Kier molecular flexibility index (Phi) is 8.61. The molecule has 358 valence electrons. The minimum atomic E-state index is 0.898. The van der Waals surface area contributed by atoms with E-state index in [2.05, 4.69) is 255 Å². The minimum absolute atomic E-state index is 0.898. The highest BCUT2D eigenvalue weighted by Crippen LogP contribution is 2.56. The van der Waals surface area contributed by atoms with Crippen LogP contribution in [0.15, 0.2) is 259 Å². The summed E-state index contributed by atoms with van der Waals surface area (Å²) < 4.78 is 9.47. The van der Waals surface area contributed by atoms with Crippen LogP contribution in [-0.2, 0) is 0 Å². The van der Waals surface area contributed by atoms with Gasteiger partial charge in [-0.05, 0) is 168 Å². The fraction of sp³-hybridized carbons (Fsp3) is 0. The van der Waals surface area contributed by atoms with E-state index in [-0.39, 0.29) is 0 Å². The van der Waals surface area contributed by atoms with Crippen LogP contribution in [0.4, 0.5) is 0 Å². The number of benzene rings is 14. The quantitative estimate of drug-likeness (QED) is 0.167. The summed E-state index contributed by atoms with van der Waals surface area (Å²) >= 11 is 1.90. The van der Waals surface area contributed by atoms with Crippen LogP contribution in [0.1, 0.15) is 0 Å². The zero-order chi connectivity index (χ0) is 50.7. The van der Waals surface area contributed by atoms with E-state index < -0.39 is 0 Å². The van der Waals surface area contributed by atoms with Crippen molar-refractivity contribution in [1.82, 2.24) is 0 Å². The van der Waals surface area contributed by atoms with Gasteiger partial charge in [0.05, 0.1) is 0 Å². The first-order chi connectivity index (χ1) is 38.7. The third-order valence-electron chi connectivity index (χ3n) is 17.4. The molecule has 2 aromatic heterocycles. The summed E-state index contributed by atoms with van der Waals surface area (Å²) in [4.78, 5) is 0. The fourth-order valence-corrected chi connectivity index (χ4v) is 15.1. The summed E-state index contributed by atoms with van der Waals surface area (Å²) in [6.45, 7) is 0. The van der Waals surface area contributed by atoms with Crippen molar-refractivity contribution in [1.29, 1.82) is 0 Å². The predicted octanol–water partition coefficient (Wildman–Crippen LogP) is 22.2. The molecule has 18 rings (SSSR count). The molecule has 0 fully saturated rings. The maximum absolute atomic E-state index is 6.84. The monoisotopic (exact) mass is 1000 g/mol. The number of rotatable bonds is 5. The first kappa shape index (κ1) is 42.4. The minimum Gasteiger partial charge on any atom is -0.455 e. The molecule has 0 bridgehead atoms. The molecule has 1 nitrogen and oxygen atoms in total. The molecule has 0 amide bonds. The third-order valence-corrected chi connectivity index (χ3v) is 18.5. The van der Waals surface area contributed by atoms with Crippen molar-refractivity contribution in [2.75, 3.05) is 0 Å². The standard InChI is InChI=1S/C76H42OS/c1-2-13-45-39-46(26-25-43(45)11-1)47-27-31-57-58-32-29-49(42-71(58)78-70(57)41-47)51-33-35-63-54-16-5-6-17-61(54)74-64(38-37-62(51)75(63)74)55-34-36-65-68-40-48(28-30-56(68)60-21-8-20-59(55)72(60)65)52-18-10-24-69-73(52)67-23-9-22-66(76(67)77-69)53-19-7-14-44-12-3-4-15-50(44)53/h1-42H. The number of thiophene rings is 1. The Labute approximate surface area is 453 Å². The number of hydrogen-bond donors (Lipinski definition) is 0. The number of hydrogen-bond acceptors (Lipinski definition) is 2. The van der Waals surface area contributed by atoms with E-state index in [4.69, 9.17) is 4.42 Å². The van der Waals surface area contributed by atoms with Crippen LogP contribution in [-0.4, -0.2) is 0 Å². The first-order valence-electron chi connectivity index (χ1n) is 27.0. The second-order valence-corrected chi connectivity index (χ2v) is 22.4. The summed E-state index contributed by atoms with van der Waals surface area (Å²) in [6, 6.07) is 95.1. The van der Waals surface area contributed by atoms with Crippen LogP contribution >= 0.6 is 11.3 Å². The van der Waals surface area contributed by atoms with E-state index in [1.165, 1.54) is 158 Å². The Balaban J connectivity index is 0.751. The highest BCUT2D eigenvalue weighted by molar-refractivity contribution is 7.25. The molecule has 0 radical (unpaired) electrons. The molecule has 2 heterocycles. The second-order valence-electron chi connectivity index (χ2n) is 21.3. The summed E-state index contributed by atoms with van der Waals surface area (Å²) in [7, 11) is 0. The van der Waals surface area contributed by atoms with Gasteiger partial charge < -0.3 is 4.42 Å². The van der Waals surface area contributed by atoms with Gasteiger partial charge in [0, 0.05) is 36.5 Å². The Morgan fingerprint density at radius 3 is 1.64 bits per heavy atom. The number of fused-ring (bicyclic) bond motifs is 14. The zero-order valence-electron chi connectivity index (χ0n) is 42.1. The maximum atomic E-state index is 6.84. The van der Waals surface area contributed by atoms with Crippen molar-refractivity contribution in [3.63, 3.8) is 0 Å². The van der Waals surface area contributed by atoms with Crippen LogP contribution in [0, 0.1) is 0 Å². The average Bonchev–Trinajstić information content (AvgIpc) is 4.42. The van der Waals surface area contributed by atoms with E-state index in [1.54, 1.807) is 0 Å². The molecular weight excluding hydrogens is 961 g/mol. The van der Waals surface area contributed by atoms with Crippen molar-refractivity contribution in [3.05, 3.63) is 255 Å². The van der Waals surface area contributed by atoms with Gasteiger partial charge in [0.15, 0.2) is 0 Å². The summed E-state index contributed by atoms with van der Waals surface area (Å²) in [6.07, 6.45) is 0. The van der Waals surface area contributed by atoms with Gasteiger partial charge in [0.25, 0.3) is 0 Å². The highest BCUT2D eigenvalue weighted by Gasteiger charge is 2.29. The van der Waals surface area contributed by atoms with Gasteiger partial charge in [-0.1, -0.05) is 224 Å². The molecule has 0 saturated carbocycles. The molecule has 2 aliphatic carbocycles. The summed E-state index contributed by atoms with van der Waals surface area (Å²) in [5, 5.41) is 15.1. The van der Waals surface area contributed by atoms with Crippen LogP contribution in [0.3, 0.4) is 0 Å². The lowest BCUT2D eigenvalue weighted by Gasteiger charge is -2.16. The lowest BCUT2D eigenvalue weighted by Crippen LogP contribution is -1.89. The van der Waals surface area contributed by atoms with E-state index in [0.29, 0.717) is 0 Å². The Morgan fingerprint density at radius 2 is 0.744 bits per heavy atom. The fourth-order valence-electron chi connectivity index (χ4n) is 13.9. The predicted molar refractivity (Wildman–Crippen MR) is 333 cm³/mol. The van der Waals surface area contributed by atoms with Gasteiger partial charge in [0.2, 0.25) is 0 Å². The van der Waals surface area contributed by atoms with Gasteiger partial charge in [-0.2, -0.15) is 0 Å². The molecule has 14 aromatic carbocycles. The average molecular weight is 1000 g/mol. The Bertz CT molecular complexity index is 5330. The van der Waals surface area contributed by atoms with Crippen molar-refractivity contribution in [2.45, 2.75) is 0 Å². The summed E-state index contributed by atoms with van der Waals surface area (Å²) in [5.74, 6) is 0. The third kappa shape index (κ3) is 5.90. The second kappa shape index (κ2) is 15.8. The molecule has 0 spiro atoms. The smallest absolute Gasteiger partial charge is 0.143 e. The largest absolute Gasteiger partial charge is 0.455 e. The van der Waals surface area contributed by atoms with Gasteiger partial charge >= 0.3 is 0 Å². The molecule has 0 N–H and O–H groups in total. The van der Waals surface area contributed by atoms with Gasteiger partial charge in [0.1, 0.15) is 11.2 Å². The van der Waals surface area contributed by atoms with Crippen LogP contribution in [0.25, 0.3) is 185 Å². The van der Waals surface area contributed by atoms with Gasteiger partial charge in [-0.25, -0.2) is 0 Å². The molecule has 0 unspecified atom stereocenters. The van der Waals surface area contributed by atoms with E-state index >= 15 is 0 Å². The van der Waals surface area contributed by atoms with E-state index in [0.717, 1.165) is 27.5 Å². The Morgan fingerprint density at radius 1 is 0.231 bits per heavy atom. The van der Waals surface area contributed by atoms with E-state index in [9.17, 15) is 0 Å². The van der Waals surface area contributed by atoms with E-state index in [1.807, 2.05) is 11.3 Å². The lowest BCUT2D eigenvalue weighted by molar-refractivity contribution is 0.670. The van der Waals surface area contributed by atoms with Crippen LogP contribution in [0.2, 0.25) is 0 Å². The molecule has 78 heavy (non-hydrogen) atoms. The van der Waals surface area contributed by atoms with Crippen molar-refractivity contribution in [3.8, 4) is 100 Å². The number of para-hydroxylation sites is 1. The molecule has 0 aliphatic heterocycles. The molecular formula is C76H42OS. The van der Waals surface area contributed by atoms with Crippen molar-refractivity contribution in [2.24, 2.45) is 0 Å². The van der Waals surface area contributed by atoms with Crippen LogP contribution < -0.4 is 0 Å². The van der Waals surface area contributed by atoms with Crippen LogP contribution in [0.5, 0.6) is 0 Å². The van der Waals surface area contributed by atoms with Gasteiger partial charge in [-0.3, -0.25) is 0 Å². The number of furan rings is 1. The van der Waals surface area contributed by atoms with Crippen molar-refractivity contribution < 1.29 is 4.42 Å². The SMILES string of the molecule is c1ccc2c(c1)-c1ccc(-c3ccc4c(c3)sc3cc(-c5ccc6ccccc6c5)ccc34)c3ccc(-c4ccc5c6c(cccc46)-c4ccc(-c6cccc7oc8c(-c9cccc%10ccccc9%10)cccc8c67)cc4-5)c-2c13. The maximum Gasteiger partial charge on any atom is 0.143 e.